The molecule has 0 spiro atoms. The number of H-pyrrole nitrogens is 3. The second kappa shape index (κ2) is 15.5. The van der Waals surface area contributed by atoms with Crippen LogP contribution in [0.4, 0.5) is 0 Å². The molecule has 2 unspecified atom stereocenters. The van der Waals surface area contributed by atoms with Gasteiger partial charge in [-0.2, -0.15) is 0 Å². The molecule has 0 saturated heterocycles. The quantitative estimate of drug-likeness (QED) is 0.0976. The Morgan fingerprint density at radius 3 is 1.58 bits per heavy atom. The van der Waals surface area contributed by atoms with E-state index in [1.165, 1.54) is 27.8 Å². The lowest BCUT2D eigenvalue weighted by Gasteiger charge is -2.29. The van der Waals surface area contributed by atoms with Gasteiger partial charge in [0.05, 0.1) is 22.8 Å². The first-order valence-electron chi connectivity index (χ1n) is 20.0. The molecule has 5 heterocycles. The van der Waals surface area contributed by atoms with Gasteiger partial charge in [-0.15, -0.1) is 0 Å². The molecule has 55 heavy (non-hydrogen) atoms. The van der Waals surface area contributed by atoms with Crippen LogP contribution in [0.15, 0.2) is 101 Å². The van der Waals surface area contributed by atoms with E-state index in [-0.39, 0.29) is 0 Å². The fraction of sp³-hybridized carbons (Fsp3) is 0.375. The SMILES string of the molecule is CCCCN=C1c2ccc([nH]2)C(Br)(c2cc(C(C)C)cc(C(C)C)c2)C2=N/C(=C\c3ccc([nH]3)C(Br)(c3cc(C(C)C)cc(C(C)C)c3)c3ccc1[nH]3)C=C2. The van der Waals surface area contributed by atoms with Gasteiger partial charge in [0.15, 0.2) is 0 Å². The van der Waals surface area contributed by atoms with Crippen molar-refractivity contribution in [3.8, 4) is 0 Å². The van der Waals surface area contributed by atoms with Crippen LogP contribution in [0.2, 0.25) is 0 Å². The molecule has 3 aromatic heterocycles. The zero-order chi connectivity index (χ0) is 39.2. The fourth-order valence-electron chi connectivity index (χ4n) is 7.62. The minimum Gasteiger partial charge on any atom is -0.357 e. The van der Waals surface area contributed by atoms with Crippen molar-refractivity contribution in [2.24, 2.45) is 9.98 Å². The Morgan fingerprint density at radius 2 is 1.07 bits per heavy atom. The van der Waals surface area contributed by atoms with Crippen molar-refractivity contribution in [3.05, 3.63) is 158 Å². The van der Waals surface area contributed by atoms with Gasteiger partial charge in [0.1, 0.15) is 14.4 Å². The van der Waals surface area contributed by atoms with Gasteiger partial charge in [-0.1, -0.05) is 137 Å². The van der Waals surface area contributed by atoms with Gasteiger partial charge in [-0.3, -0.25) is 9.98 Å². The largest absolute Gasteiger partial charge is 0.357 e. The normalized spacial score (nSPS) is 21.3. The Balaban J connectivity index is 1.49. The Morgan fingerprint density at radius 1 is 0.600 bits per heavy atom. The van der Waals surface area contributed by atoms with E-state index in [0.29, 0.717) is 23.7 Å². The number of allylic oxidation sites excluding steroid dienone is 2. The molecule has 7 rings (SSSR count). The van der Waals surface area contributed by atoms with E-state index in [9.17, 15) is 0 Å². The van der Waals surface area contributed by atoms with Crippen molar-refractivity contribution < 1.29 is 0 Å². The molecule has 7 heteroatoms. The number of aromatic amines is 3. The van der Waals surface area contributed by atoms with Crippen molar-refractivity contribution in [1.82, 2.24) is 15.0 Å². The number of nitrogens with zero attached hydrogens (tertiary/aromatic N) is 2. The highest BCUT2D eigenvalue weighted by atomic mass is 79.9. The first-order valence-corrected chi connectivity index (χ1v) is 21.6. The smallest absolute Gasteiger partial charge is 0.132 e. The van der Waals surface area contributed by atoms with E-state index in [0.717, 1.165) is 76.2 Å². The molecule has 5 aromatic rings. The maximum absolute atomic E-state index is 5.34. The summed E-state index contributed by atoms with van der Waals surface area (Å²) < 4.78 is -1.43. The van der Waals surface area contributed by atoms with Crippen molar-refractivity contribution in [2.75, 3.05) is 6.54 Å². The van der Waals surface area contributed by atoms with Crippen LogP contribution in [0.1, 0.15) is 166 Å². The van der Waals surface area contributed by atoms with Crippen LogP contribution in [-0.4, -0.2) is 32.9 Å². The van der Waals surface area contributed by atoms with Crippen LogP contribution >= 0.6 is 31.9 Å². The van der Waals surface area contributed by atoms with Crippen LogP contribution in [0.5, 0.6) is 0 Å². The number of benzene rings is 2. The van der Waals surface area contributed by atoms with E-state index in [1.807, 2.05) is 0 Å². The third-order valence-electron chi connectivity index (χ3n) is 11.2. The summed E-state index contributed by atoms with van der Waals surface area (Å²) in [6.45, 7) is 21.1. The predicted octanol–water partition coefficient (Wildman–Crippen LogP) is 13.5. The van der Waals surface area contributed by atoms with Gasteiger partial charge in [-0.05, 0) is 118 Å². The van der Waals surface area contributed by atoms with Gasteiger partial charge >= 0.3 is 0 Å². The highest BCUT2D eigenvalue weighted by Crippen LogP contribution is 2.47. The lowest BCUT2D eigenvalue weighted by Crippen LogP contribution is -2.30. The first-order chi connectivity index (χ1) is 26.2. The van der Waals surface area contributed by atoms with Crippen molar-refractivity contribution in [2.45, 2.75) is 107 Å². The molecule has 0 radical (unpaired) electrons. The molecule has 2 aliphatic rings. The fourth-order valence-corrected chi connectivity index (χ4v) is 8.99. The maximum atomic E-state index is 5.34. The zero-order valence-corrected chi connectivity index (χ0v) is 36.9. The molecule has 0 fully saturated rings. The number of aromatic nitrogens is 3. The lowest BCUT2D eigenvalue weighted by molar-refractivity contribution is 0.797. The molecule has 8 bridgehead atoms. The van der Waals surface area contributed by atoms with Gasteiger partial charge in [0.25, 0.3) is 0 Å². The number of hydrogen-bond acceptors (Lipinski definition) is 2. The predicted molar refractivity (Wildman–Crippen MR) is 240 cm³/mol. The summed E-state index contributed by atoms with van der Waals surface area (Å²) in [5, 5.41) is 0. The molecule has 2 aliphatic heterocycles. The lowest BCUT2D eigenvalue weighted by atomic mass is 9.85. The topological polar surface area (TPSA) is 72.1 Å². The maximum Gasteiger partial charge on any atom is 0.132 e. The third kappa shape index (κ3) is 7.39. The summed E-state index contributed by atoms with van der Waals surface area (Å²) in [5.74, 6) is 1.52. The monoisotopic (exact) mass is 859 g/mol. The van der Waals surface area contributed by atoms with Crippen molar-refractivity contribution >= 4 is 49.4 Å². The molecule has 5 nitrogen and oxygen atoms in total. The van der Waals surface area contributed by atoms with Crippen LogP contribution in [0.3, 0.4) is 0 Å². The number of alkyl halides is 2. The highest BCUT2D eigenvalue weighted by Gasteiger charge is 2.41. The zero-order valence-electron chi connectivity index (χ0n) is 33.7. The van der Waals surface area contributed by atoms with E-state index >= 15 is 0 Å². The molecule has 2 atom stereocenters. The van der Waals surface area contributed by atoms with Crippen LogP contribution in [0, 0.1) is 0 Å². The van der Waals surface area contributed by atoms with Gasteiger partial charge in [0, 0.05) is 29.3 Å². The van der Waals surface area contributed by atoms with Gasteiger partial charge < -0.3 is 15.0 Å². The molecule has 2 aromatic carbocycles. The summed E-state index contributed by atoms with van der Waals surface area (Å²) in [5.41, 5.74) is 16.3. The molecule has 0 aliphatic carbocycles. The molecular weight excluding hydrogens is 806 g/mol. The van der Waals surface area contributed by atoms with E-state index in [4.69, 9.17) is 9.98 Å². The summed E-state index contributed by atoms with van der Waals surface area (Å²) in [4.78, 5) is 22.2. The number of fused-ring (bicyclic) bond motifs is 7. The van der Waals surface area contributed by atoms with Crippen molar-refractivity contribution in [1.29, 1.82) is 0 Å². The summed E-state index contributed by atoms with van der Waals surface area (Å²) in [7, 11) is 0. The molecule has 0 amide bonds. The van der Waals surface area contributed by atoms with E-state index < -0.39 is 8.65 Å². The number of nitrogens with one attached hydrogen (secondary N) is 3. The second-order valence-corrected chi connectivity index (χ2v) is 19.0. The third-order valence-corrected chi connectivity index (χ3v) is 13.8. The number of aliphatic imine (C=N–C) groups is 2. The number of rotatable bonds is 9. The molecule has 3 N–H and O–H groups in total. The summed E-state index contributed by atoms with van der Waals surface area (Å²) in [6.07, 6.45) is 8.51. The Labute approximate surface area is 344 Å². The highest BCUT2D eigenvalue weighted by molar-refractivity contribution is 9.10. The van der Waals surface area contributed by atoms with E-state index in [2.05, 4.69) is 200 Å². The minimum absolute atomic E-state index is 0.378. The average Bonchev–Trinajstić information content (AvgIpc) is 4.00. The van der Waals surface area contributed by atoms with Crippen molar-refractivity contribution in [3.63, 3.8) is 0 Å². The summed E-state index contributed by atoms with van der Waals surface area (Å²) >= 11 is 8.76. The Bertz CT molecular complexity index is 2270. The minimum atomic E-state index is -0.736. The molecule has 286 valence electrons. The summed E-state index contributed by atoms with van der Waals surface area (Å²) in [6, 6.07) is 27.3. The Hall–Kier alpha value is -3.94. The first kappa shape index (κ1) is 39.3. The van der Waals surface area contributed by atoms with Crippen LogP contribution in [0.25, 0.3) is 6.08 Å². The molecule has 0 saturated carbocycles. The standard InChI is InChI=1S/C48H55Br2N5/c1-10-11-20-51-46-40-14-18-44(54-40)47(49,36-23-32(28(2)3)21-33(24-36)29(4)5)42-16-12-38(52-42)27-39-13-17-43(53-39)48(50,45-19-15-41(46)55-45)37-25-34(30(6)7)22-35(26-37)31(8)9/h12-19,21-31,52,54-55H,10-11,20H2,1-9H3/b39-27-,51-46?. The number of unbranched alkanes of at least 4 members (excludes halogenated alkanes) is 1. The Kier molecular flexibility index (Phi) is 11.1. The number of hydrogen-bond donors (Lipinski definition) is 3. The van der Waals surface area contributed by atoms with Gasteiger partial charge in [-0.25, -0.2) is 0 Å². The van der Waals surface area contributed by atoms with Gasteiger partial charge in [0.2, 0.25) is 0 Å². The second-order valence-electron chi connectivity index (χ2n) is 16.6. The molecular formula is C48H55Br2N5. The van der Waals surface area contributed by atoms with E-state index in [1.54, 1.807) is 0 Å². The number of halogens is 2. The van der Waals surface area contributed by atoms with Crippen LogP contribution in [-0.2, 0) is 8.65 Å². The van der Waals surface area contributed by atoms with Crippen LogP contribution < -0.4 is 0 Å². The average molecular weight is 862 g/mol.